The Labute approximate surface area is 173 Å². The molecule has 0 spiro atoms. The molecule has 0 aliphatic carbocycles. The van der Waals surface area contributed by atoms with E-state index in [-0.39, 0.29) is 0 Å². The molecule has 1 aliphatic heterocycles. The summed E-state index contributed by atoms with van der Waals surface area (Å²) in [7, 11) is 0. The molecule has 3 heteroatoms. The number of rotatable bonds is 1. The van der Waals surface area contributed by atoms with E-state index in [9.17, 15) is 0 Å². The lowest BCUT2D eigenvalue weighted by molar-refractivity contribution is 0.767. The minimum atomic E-state index is 0.815. The van der Waals surface area contributed by atoms with Crippen molar-refractivity contribution in [2.24, 2.45) is 0 Å². The number of nitrogens with one attached hydrogen (secondary N) is 2. The van der Waals surface area contributed by atoms with Crippen LogP contribution in [0.2, 0.25) is 0 Å². The number of hydrogen-bond acceptors (Lipinski definition) is 2. The van der Waals surface area contributed by atoms with Gasteiger partial charge in [-0.3, -0.25) is 5.01 Å². The second kappa shape index (κ2) is 5.85. The van der Waals surface area contributed by atoms with Crippen molar-refractivity contribution < 1.29 is 0 Å². The van der Waals surface area contributed by atoms with Crippen LogP contribution < -0.4 is 10.4 Å². The average Bonchev–Trinajstić information content (AvgIpc) is 3.40. The molecule has 0 amide bonds. The highest BCUT2D eigenvalue weighted by Crippen LogP contribution is 2.43. The topological polar surface area (TPSA) is 31.1 Å². The third kappa shape index (κ3) is 2.07. The molecule has 3 nitrogen and oxygen atoms in total. The molecule has 1 aliphatic rings. The molecule has 0 bridgehead atoms. The van der Waals surface area contributed by atoms with Gasteiger partial charge in [0.05, 0.1) is 11.4 Å². The minimum absolute atomic E-state index is 0.815. The molecular weight excluding hydrogens is 366 g/mol. The molecule has 0 unspecified atom stereocenters. The zero-order valence-electron chi connectivity index (χ0n) is 16.3. The molecule has 2 heterocycles. The molecule has 0 atom stereocenters. The van der Waals surface area contributed by atoms with Crippen LogP contribution in [0.25, 0.3) is 43.4 Å². The van der Waals surface area contributed by atoms with E-state index in [0.717, 1.165) is 12.2 Å². The molecule has 1 aromatic heterocycles. The summed E-state index contributed by atoms with van der Waals surface area (Å²) < 4.78 is 0. The molecule has 2 N–H and O–H groups in total. The van der Waals surface area contributed by atoms with Crippen LogP contribution in [0.15, 0.2) is 91.0 Å². The Morgan fingerprint density at radius 1 is 0.600 bits per heavy atom. The lowest BCUT2D eigenvalue weighted by Gasteiger charge is -2.19. The summed E-state index contributed by atoms with van der Waals surface area (Å²) in [6.45, 7) is 0.815. The molecule has 0 saturated heterocycles. The molecular formula is C27H19N3. The van der Waals surface area contributed by atoms with Gasteiger partial charge in [-0.1, -0.05) is 60.7 Å². The van der Waals surface area contributed by atoms with Crippen molar-refractivity contribution >= 4 is 54.7 Å². The highest BCUT2D eigenvalue weighted by Gasteiger charge is 2.24. The van der Waals surface area contributed by atoms with E-state index in [4.69, 9.17) is 0 Å². The monoisotopic (exact) mass is 385 g/mol. The first-order valence-corrected chi connectivity index (χ1v) is 10.3. The van der Waals surface area contributed by atoms with Crippen molar-refractivity contribution in [3.8, 4) is 0 Å². The maximum atomic E-state index is 3.67. The molecule has 6 aromatic rings. The van der Waals surface area contributed by atoms with Gasteiger partial charge >= 0.3 is 0 Å². The fraction of sp³-hybridized carbons (Fsp3) is 0.0370. The summed E-state index contributed by atoms with van der Waals surface area (Å²) in [5, 5.41) is 10.1. The summed E-state index contributed by atoms with van der Waals surface area (Å²) in [5.74, 6) is 0. The number of fused-ring (bicyclic) bond motifs is 9. The smallest absolute Gasteiger partial charge is 0.0631 e. The van der Waals surface area contributed by atoms with Gasteiger partial charge in [0, 0.05) is 33.9 Å². The predicted octanol–water partition coefficient (Wildman–Crippen LogP) is 6.78. The van der Waals surface area contributed by atoms with Gasteiger partial charge in [-0.25, -0.2) is 5.43 Å². The third-order valence-corrected chi connectivity index (χ3v) is 6.39. The predicted molar refractivity (Wildman–Crippen MR) is 126 cm³/mol. The van der Waals surface area contributed by atoms with Crippen LogP contribution in [0, 0.1) is 0 Å². The van der Waals surface area contributed by atoms with Crippen LogP contribution in [0.3, 0.4) is 0 Å². The SMILES string of the molecule is c1ccc(N2NCc3c2ccc2[nH]c4ccc5ccc6ccccc6c5c4c32)cc1. The molecule has 142 valence electrons. The normalized spacial score (nSPS) is 13.7. The lowest BCUT2D eigenvalue weighted by Crippen LogP contribution is -2.26. The zero-order chi connectivity index (χ0) is 19.7. The highest BCUT2D eigenvalue weighted by atomic mass is 15.5. The first-order valence-electron chi connectivity index (χ1n) is 10.3. The van der Waals surface area contributed by atoms with E-state index in [0.29, 0.717) is 0 Å². The number of anilines is 2. The number of benzene rings is 5. The fourth-order valence-corrected chi connectivity index (χ4v) is 5.07. The van der Waals surface area contributed by atoms with E-state index in [1.54, 1.807) is 0 Å². The van der Waals surface area contributed by atoms with Crippen molar-refractivity contribution in [2.45, 2.75) is 6.54 Å². The van der Waals surface area contributed by atoms with Gasteiger partial charge in [0.1, 0.15) is 0 Å². The van der Waals surface area contributed by atoms with Crippen molar-refractivity contribution in [1.82, 2.24) is 10.4 Å². The lowest BCUT2D eigenvalue weighted by atomic mass is 9.96. The largest absolute Gasteiger partial charge is 0.354 e. The first kappa shape index (κ1) is 16.0. The van der Waals surface area contributed by atoms with E-state index in [2.05, 4.69) is 106 Å². The van der Waals surface area contributed by atoms with E-state index < -0.39 is 0 Å². The van der Waals surface area contributed by atoms with Gasteiger partial charge in [-0.15, -0.1) is 0 Å². The van der Waals surface area contributed by atoms with Crippen molar-refractivity contribution in [3.05, 3.63) is 96.6 Å². The van der Waals surface area contributed by atoms with E-state index >= 15 is 0 Å². The average molecular weight is 385 g/mol. The Hall–Kier alpha value is -3.82. The van der Waals surface area contributed by atoms with Gasteiger partial charge in [-0.2, -0.15) is 0 Å². The molecule has 0 fully saturated rings. The second-order valence-corrected chi connectivity index (χ2v) is 7.99. The van der Waals surface area contributed by atoms with Crippen molar-refractivity contribution in [2.75, 3.05) is 5.01 Å². The maximum absolute atomic E-state index is 3.67. The highest BCUT2D eigenvalue weighted by molar-refractivity contribution is 6.28. The van der Waals surface area contributed by atoms with Crippen LogP contribution in [0.5, 0.6) is 0 Å². The van der Waals surface area contributed by atoms with Crippen LogP contribution in [0.1, 0.15) is 5.56 Å². The van der Waals surface area contributed by atoms with Crippen molar-refractivity contribution in [3.63, 3.8) is 0 Å². The first-order chi connectivity index (χ1) is 14.9. The quantitative estimate of drug-likeness (QED) is 0.306. The van der Waals surface area contributed by atoms with E-state index in [1.165, 1.54) is 54.6 Å². The number of para-hydroxylation sites is 1. The summed E-state index contributed by atoms with van der Waals surface area (Å²) in [6, 6.07) is 32.6. The van der Waals surface area contributed by atoms with Crippen LogP contribution in [-0.4, -0.2) is 4.98 Å². The summed E-state index contributed by atoms with van der Waals surface area (Å²) >= 11 is 0. The summed E-state index contributed by atoms with van der Waals surface area (Å²) in [6.07, 6.45) is 0. The van der Waals surface area contributed by atoms with E-state index in [1.807, 2.05) is 0 Å². The number of aromatic nitrogens is 1. The van der Waals surface area contributed by atoms with Gasteiger partial charge < -0.3 is 4.98 Å². The van der Waals surface area contributed by atoms with Crippen LogP contribution in [-0.2, 0) is 6.54 Å². The molecule has 7 rings (SSSR count). The maximum Gasteiger partial charge on any atom is 0.0631 e. The summed E-state index contributed by atoms with van der Waals surface area (Å²) in [5.41, 5.74) is 9.72. The Bertz CT molecular complexity index is 1600. The Kier molecular flexibility index (Phi) is 3.12. The minimum Gasteiger partial charge on any atom is -0.354 e. The number of aromatic amines is 1. The molecule has 0 saturated carbocycles. The molecule has 5 aromatic carbocycles. The third-order valence-electron chi connectivity index (χ3n) is 6.39. The number of nitrogens with zero attached hydrogens (tertiary/aromatic N) is 1. The Morgan fingerprint density at radius 3 is 2.27 bits per heavy atom. The van der Waals surface area contributed by atoms with Crippen molar-refractivity contribution in [1.29, 1.82) is 0 Å². The number of hydrazine groups is 1. The van der Waals surface area contributed by atoms with Gasteiger partial charge in [0.25, 0.3) is 0 Å². The summed E-state index contributed by atoms with van der Waals surface area (Å²) in [4.78, 5) is 3.67. The Morgan fingerprint density at radius 2 is 1.33 bits per heavy atom. The van der Waals surface area contributed by atoms with Gasteiger partial charge in [0.2, 0.25) is 0 Å². The standard InChI is InChI=1S/C27H19N3/c1-2-7-19(8-3-1)30-24-15-14-22-26(21(24)16-28-30)27-23(29-22)13-12-18-11-10-17-6-4-5-9-20(17)25(18)27/h1-15,28-29H,16H2. The Balaban J connectivity index is 1.63. The fourth-order valence-electron chi connectivity index (χ4n) is 5.07. The van der Waals surface area contributed by atoms with Gasteiger partial charge in [0.15, 0.2) is 0 Å². The van der Waals surface area contributed by atoms with Gasteiger partial charge in [-0.05, 0) is 51.9 Å². The number of hydrogen-bond donors (Lipinski definition) is 2. The zero-order valence-corrected chi connectivity index (χ0v) is 16.3. The second-order valence-electron chi connectivity index (χ2n) is 7.99. The number of H-pyrrole nitrogens is 1. The van der Waals surface area contributed by atoms with Crippen LogP contribution >= 0.6 is 0 Å². The van der Waals surface area contributed by atoms with Crippen LogP contribution in [0.4, 0.5) is 11.4 Å². The molecule has 0 radical (unpaired) electrons. The molecule has 30 heavy (non-hydrogen) atoms.